The number of halogens is 1. The standard InChI is InChI=1S/C16H25N3O2.C6H7BrN2/c1-11-14(9-13(17)10-18-11)12-5-7-19(8-6-12)15(20)21-16(2,3)4;1-4-6(7)2-5(8)3-9-4/h9-10,12H,5-8,17H2,1-4H3;2-3H,8H2,1H3. The average molecular weight is 478 g/mol. The largest absolute Gasteiger partial charge is 0.444 e. The number of amides is 1. The minimum absolute atomic E-state index is 0.219. The first kappa shape index (κ1) is 23.9. The number of ether oxygens (including phenoxy) is 1. The number of nitrogens with zero attached hydrogens (tertiary/aromatic N) is 3. The van der Waals surface area contributed by atoms with Gasteiger partial charge in [0.05, 0.1) is 29.5 Å². The molecule has 0 radical (unpaired) electrons. The molecule has 8 heteroatoms. The Bertz CT molecular complexity index is 874. The van der Waals surface area contributed by atoms with Gasteiger partial charge in [0.1, 0.15) is 5.60 Å². The van der Waals surface area contributed by atoms with Gasteiger partial charge in [0, 0.05) is 23.3 Å². The highest BCUT2D eigenvalue weighted by Crippen LogP contribution is 2.31. The van der Waals surface area contributed by atoms with Crippen molar-refractivity contribution in [1.29, 1.82) is 0 Å². The summed E-state index contributed by atoms with van der Waals surface area (Å²) < 4.78 is 6.38. The van der Waals surface area contributed by atoms with Crippen LogP contribution in [0.25, 0.3) is 0 Å². The van der Waals surface area contributed by atoms with Crippen molar-refractivity contribution in [2.75, 3.05) is 24.6 Å². The highest BCUT2D eigenvalue weighted by atomic mass is 79.9. The summed E-state index contributed by atoms with van der Waals surface area (Å²) in [5.41, 5.74) is 15.4. The molecule has 3 heterocycles. The predicted molar refractivity (Wildman–Crippen MR) is 124 cm³/mol. The maximum atomic E-state index is 12.0. The molecule has 0 aromatic carbocycles. The zero-order valence-corrected chi connectivity index (χ0v) is 20.0. The van der Waals surface area contributed by atoms with E-state index >= 15 is 0 Å². The fourth-order valence-corrected chi connectivity index (χ4v) is 3.57. The number of nitrogens with two attached hydrogens (primary N) is 2. The molecule has 1 aliphatic heterocycles. The van der Waals surface area contributed by atoms with Crippen molar-refractivity contribution >= 4 is 33.4 Å². The molecule has 2 aromatic heterocycles. The Kier molecular flexibility index (Phi) is 8.06. The highest BCUT2D eigenvalue weighted by Gasteiger charge is 2.28. The normalized spacial score (nSPS) is 14.7. The molecule has 1 saturated heterocycles. The molecule has 0 unspecified atom stereocenters. The molecule has 3 rings (SSSR count). The van der Waals surface area contributed by atoms with Crippen molar-refractivity contribution in [1.82, 2.24) is 14.9 Å². The van der Waals surface area contributed by atoms with E-state index in [1.807, 2.05) is 46.8 Å². The summed E-state index contributed by atoms with van der Waals surface area (Å²) in [7, 11) is 0. The fourth-order valence-electron chi connectivity index (χ4n) is 3.20. The molecule has 0 saturated carbocycles. The van der Waals surface area contributed by atoms with Gasteiger partial charge in [-0.15, -0.1) is 0 Å². The van der Waals surface area contributed by atoms with Crippen LogP contribution >= 0.6 is 15.9 Å². The number of hydrogen-bond donors (Lipinski definition) is 2. The molecule has 1 aliphatic rings. The summed E-state index contributed by atoms with van der Waals surface area (Å²) in [6.07, 6.45) is 4.95. The summed E-state index contributed by atoms with van der Waals surface area (Å²) in [5.74, 6) is 0.416. The van der Waals surface area contributed by atoms with Crippen LogP contribution in [0.5, 0.6) is 0 Å². The molecule has 0 atom stereocenters. The van der Waals surface area contributed by atoms with E-state index in [2.05, 4.69) is 25.9 Å². The van der Waals surface area contributed by atoms with Gasteiger partial charge in [-0.05, 0) is 87.0 Å². The van der Waals surface area contributed by atoms with E-state index in [0.717, 1.165) is 28.7 Å². The second-order valence-corrected chi connectivity index (χ2v) is 9.38. The monoisotopic (exact) mass is 477 g/mol. The number of aromatic nitrogens is 2. The highest BCUT2D eigenvalue weighted by molar-refractivity contribution is 9.10. The van der Waals surface area contributed by atoms with E-state index in [4.69, 9.17) is 16.2 Å². The Morgan fingerprint density at radius 3 is 2.10 bits per heavy atom. The first-order valence-corrected chi connectivity index (χ1v) is 10.8. The van der Waals surface area contributed by atoms with Gasteiger partial charge >= 0.3 is 6.09 Å². The van der Waals surface area contributed by atoms with Crippen LogP contribution in [0, 0.1) is 13.8 Å². The number of carbonyl (C=O) groups is 1. The van der Waals surface area contributed by atoms with Gasteiger partial charge in [0.25, 0.3) is 0 Å². The van der Waals surface area contributed by atoms with E-state index in [-0.39, 0.29) is 6.09 Å². The third-order valence-corrected chi connectivity index (χ3v) is 5.58. The molecule has 0 spiro atoms. The number of hydrogen-bond acceptors (Lipinski definition) is 6. The van der Waals surface area contributed by atoms with E-state index in [0.29, 0.717) is 30.4 Å². The van der Waals surface area contributed by atoms with Crippen molar-refractivity contribution in [2.24, 2.45) is 0 Å². The van der Waals surface area contributed by atoms with Gasteiger partial charge in [-0.25, -0.2) is 4.79 Å². The molecule has 0 bridgehead atoms. The lowest BCUT2D eigenvalue weighted by atomic mass is 9.88. The Hall–Kier alpha value is -2.35. The number of carbonyl (C=O) groups excluding carboxylic acids is 1. The predicted octanol–water partition coefficient (Wildman–Crippen LogP) is 4.82. The van der Waals surface area contributed by atoms with Crippen LogP contribution < -0.4 is 11.5 Å². The minimum Gasteiger partial charge on any atom is -0.444 e. The lowest BCUT2D eigenvalue weighted by Crippen LogP contribution is -2.41. The molecule has 7 nitrogen and oxygen atoms in total. The maximum absolute atomic E-state index is 12.0. The Morgan fingerprint density at radius 2 is 1.60 bits per heavy atom. The van der Waals surface area contributed by atoms with Gasteiger partial charge < -0.3 is 21.1 Å². The van der Waals surface area contributed by atoms with Crippen LogP contribution in [-0.4, -0.2) is 39.7 Å². The quantitative estimate of drug-likeness (QED) is 0.609. The number of aryl methyl sites for hydroxylation is 2. The smallest absolute Gasteiger partial charge is 0.410 e. The van der Waals surface area contributed by atoms with Gasteiger partial charge in [-0.1, -0.05) is 0 Å². The Balaban J connectivity index is 0.000000297. The lowest BCUT2D eigenvalue weighted by Gasteiger charge is -2.34. The molecule has 164 valence electrons. The van der Waals surface area contributed by atoms with Gasteiger partial charge in [-0.2, -0.15) is 0 Å². The average Bonchev–Trinajstić information content (AvgIpc) is 2.66. The number of piperidine rings is 1. The number of pyridine rings is 2. The topological polar surface area (TPSA) is 107 Å². The molecular weight excluding hydrogens is 446 g/mol. The second kappa shape index (κ2) is 10.1. The van der Waals surface area contributed by atoms with Crippen LogP contribution in [0.4, 0.5) is 16.2 Å². The van der Waals surface area contributed by atoms with Crippen LogP contribution in [-0.2, 0) is 4.74 Å². The molecular formula is C22H32BrN5O2. The fraction of sp³-hybridized carbons (Fsp3) is 0.500. The van der Waals surface area contributed by atoms with Crippen molar-refractivity contribution in [2.45, 2.75) is 59.0 Å². The third-order valence-electron chi connectivity index (χ3n) is 4.78. The first-order chi connectivity index (χ1) is 14.0. The van der Waals surface area contributed by atoms with E-state index in [9.17, 15) is 4.79 Å². The zero-order valence-electron chi connectivity index (χ0n) is 18.4. The molecule has 0 aliphatic carbocycles. The molecule has 4 N–H and O–H groups in total. The van der Waals surface area contributed by atoms with Gasteiger partial charge in [0.15, 0.2) is 0 Å². The Labute approximate surface area is 187 Å². The van der Waals surface area contributed by atoms with Crippen molar-refractivity contribution in [3.63, 3.8) is 0 Å². The minimum atomic E-state index is -0.442. The van der Waals surface area contributed by atoms with Crippen molar-refractivity contribution in [3.8, 4) is 0 Å². The van der Waals surface area contributed by atoms with E-state index in [1.165, 1.54) is 5.56 Å². The maximum Gasteiger partial charge on any atom is 0.410 e. The van der Waals surface area contributed by atoms with Crippen LogP contribution in [0.15, 0.2) is 29.0 Å². The molecule has 1 fully saturated rings. The number of rotatable bonds is 1. The van der Waals surface area contributed by atoms with Crippen LogP contribution in [0.2, 0.25) is 0 Å². The van der Waals surface area contributed by atoms with Crippen molar-refractivity contribution in [3.05, 3.63) is 46.0 Å². The number of anilines is 2. The molecule has 30 heavy (non-hydrogen) atoms. The Morgan fingerprint density at radius 1 is 1.07 bits per heavy atom. The van der Waals surface area contributed by atoms with Crippen LogP contribution in [0.1, 0.15) is 56.5 Å². The summed E-state index contributed by atoms with van der Waals surface area (Å²) >= 11 is 3.30. The molecule has 2 aromatic rings. The van der Waals surface area contributed by atoms with Crippen molar-refractivity contribution < 1.29 is 9.53 Å². The van der Waals surface area contributed by atoms with Gasteiger partial charge in [-0.3, -0.25) is 9.97 Å². The van der Waals surface area contributed by atoms with Gasteiger partial charge in [0.2, 0.25) is 0 Å². The van der Waals surface area contributed by atoms with E-state index in [1.54, 1.807) is 17.3 Å². The first-order valence-electron chi connectivity index (χ1n) is 10.0. The summed E-state index contributed by atoms with van der Waals surface area (Å²) in [5, 5.41) is 0. The SMILES string of the molecule is Cc1ncc(N)cc1Br.Cc1ncc(N)cc1C1CCN(C(=O)OC(C)(C)C)CC1. The third kappa shape index (κ3) is 7.16. The number of likely N-dealkylation sites (tertiary alicyclic amines) is 1. The summed E-state index contributed by atoms with van der Waals surface area (Å²) in [6.45, 7) is 11.0. The summed E-state index contributed by atoms with van der Waals surface area (Å²) in [6, 6.07) is 3.85. The zero-order chi connectivity index (χ0) is 22.5. The van der Waals surface area contributed by atoms with Crippen LogP contribution in [0.3, 0.4) is 0 Å². The second-order valence-electron chi connectivity index (χ2n) is 8.52. The number of nitrogen functional groups attached to an aromatic ring is 2. The van der Waals surface area contributed by atoms with E-state index < -0.39 is 5.60 Å². The summed E-state index contributed by atoms with van der Waals surface area (Å²) in [4.78, 5) is 22.2. The lowest BCUT2D eigenvalue weighted by molar-refractivity contribution is 0.0204. The molecule has 1 amide bonds.